The van der Waals surface area contributed by atoms with Gasteiger partial charge >= 0.3 is 0 Å². The van der Waals surface area contributed by atoms with E-state index in [1.165, 1.54) is 17.4 Å². The van der Waals surface area contributed by atoms with Crippen LogP contribution in [0.4, 0.5) is 0 Å². The Labute approximate surface area is 78.9 Å². The highest BCUT2D eigenvalue weighted by Crippen LogP contribution is 2.24. The lowest BCUT2D eigenvalue weighted by molar-refractivity contribution is 1.47. The van der Waals surface area contributed by atoms with Gasteiger partial charge in [0, 0.05) is 4.88 Å². The second kappa shape index (κ2) is 3.92. The van der Waals surface area contributed by atoms with Crippen LogP contribution in [0.15, 0.2) is 17.0 Å². The predicted molar refractivity (Wildman–Crippen MR) is 48.5 cm³/mol. The topological polar surface area (TPSA) is 47.6 Å². The fourth-order valence-electron chi connectivity index (χ4n) is 0.629. The number of hydrogen-bond acceptors (Lipinski definition) is 3. The van der Waals surface area contributed by atoms with E-state index in [9.17, 15) is 0 Å². The molecule has 1 aromatic rings. The van der Waals surface area contributed by atoms with Gasteiger partial charge in [0.1, 0.15) is 17.7 Å². The molecule has 0 fully saturated rings. The normalized spacial score (nSPS) is 8.25. The molecule has 0 spiro atoms. The number of rotatable bonds is 1. The minimum absolute atomic E-state index is 0.0688. The molecule has 0 atom stereocenters. The zero-order chi connectivity index (χ0) is 8.97. The summed E-state index contributed by atoms with van der Waals surface area (Å²) in [5, 5.41) is 19.3. The van der Waals surface area contributed by atoms with Crippen LogP contribution in [0.25, 0.3) is 6.08 Å². The van der Waals surface area contributed by atoms with Crippen molar-refractivity contribution in [3.8, 4) is 12.1 Å². The molecule has 0 aromatic carbocycles. The van der Waals surface area contributed by atoms with Gasteiger partial charge in [-0.05, 0) is 17.5 Å². The molecule has 0 unspecified atom stereocenters. The highest BCUT2D eigenvalue weighted by Gasteiger charge is 1.99. The summed E-state index contributed by atoms with van der Waals surface area (Å²) in [4.78, 5) is 0.745. The molecule has 0 amide bonds. The first-order chi connectivity index (χ1) is 5.77. The summed E-state index contributed by atoms with van der Waals surface area (Å²) in [7, 11) is 0. The number of hydrogen-bond donors (Lipinski definition) is 0. The highest BCUT2D eigenvalue weighted by atomic mass is 35.5. The van der Waals surface area contributed by atoms with Crippen LogP contribution in [0, 0.1) is 22.7 Å². The number of halogens is 1. The fourth-order valence-corrected chi connectivity index (χ4v) is 1.67. The maximum Gasteiger partial charge on any atom is 0.131 e. The molecule has 1 rings (SSSR count). The zero-order valence-corrected chi connectivity index (χ0v) is 7.49. The summed E-state index contributed by atoms with van der Waals surface area (Å²) in [6.45, 7) is 0. The Morgan fingerprint density at radius 1 is 1.50 bits per heavy atom. The fraction of sp³-hybridized carbons (Fsp3) is 0. The summed E-state index contributed by atoms with van der Waals surface area (Å²) in [6.07, 6.45) is 1.48. The van der Waals surface area contributed by atoms with Crippen molar-refractivity contribution < 1.29 is 0 Å². The Balaban J connectivity index is 3.05. The Morgan fingerprint density at radius 3 is 2.58 bits per heavy atom. The molecule has 0 saturated heterocycles. The van der Waals surface area contributed by atoms with Crippen LogP contribution in [0.3, 0.4) is 0 Å². The monoisotopic (exact) mass is 194 g/mol. The molecule has 0 aliphatic carbocycles. The van der Waals surface area contributed by atoms with Crippen molar-refractivity contribution in [1.82, 2.24) is 0 Å². The standard InChI is InChI=1S/C8H3ClN2S/c9-7-1-2-12-8(7)3-6(4-10)5-11/h1-3H. The third-order valence-corrected chi connectivity index (χ3v) is 2.47. The van der Waals surface area contributed by atoms with E-state index in [1.54, 1.807) is 23.6 Å². The van der Waals surface area contributed by atoms with Crippen LogP contribution in [-0.4, -0.2) is 0 Å². The van der Waals surface area contributed by atoms with E-state index < -0.39 is 0 Å². The third kappa shape index (κ3) is 1.85. The molecule has 0 aliphatic heterocycles. The van der Waals surface area contributed by atoms with Gasteiger partial charge in [0.25, 0.3) is 0 Å². The van der Waals surface area contributed by atoms with E-state index in [0.29, 0.717) is 5.02 Å². The Kier molecular flexibility index (Phi) is 2.88. The van der Waals surface area contributed by atoms with Crippen molar-refractivity contribution in [3.05, 3.63) is 26.9 Å². The summed E-state index contributed by atoms with van der Waals surface area (Å²) >= 11 is 7.14. The number of thiophene rings is 1. The second-order valence-electron chi connectivity index (χ2n) is 1.91. The van der Waals surface area contributed by atoms with Crippen LogP contribution in [0.1, 0.15) is 4.88 Å². The van der Waals surface area contributed by atoms with Gasteiger partial charge in [-0.3, -0.25) is 0 Å². The molecular formula is C8H3ClN2S. The molecule has 0 saturated carbocycles. The van der Waals surface area contributed by atoms with Crippen molar-refractivity contribution in [1.29, 1.82) is 10.5 Å². The first-order valence-electron chi connectivity index (χ1n) is 3.03. The average molecular weight is 195 g/mol. The number of allylic oxidation sites excluding steroid dienone is 1. The Bertz CT molecular complexity index is 376. The number of nitriles is 2. The third-order valence-electron chi connectivity index (χ3n) is 1.16. The van der Waals surface area contributed by atoms with Gasteiger partial charge in [0.05, 0.1) is 5.02 Å². The van der Waals surface area contributed by atoms with Crippen molar-refractivity contribution in [3.63, 3.8) is 0 Å². The molecule has 58 valence electrons. The van der Waals surface area contributed by atoms with Crippen molar-refractivity contribution in [2.24, 2.45) is 0 Å². The van der Waals surface area contributed by atoms with Gasteiger partial charge in [-0.25, -0.2) is 0 Å². The van der Waals surface area contributed by atoms with Gasteiger partial charge in [-0.15, -0.1) is 11.3 Å². The van der Waals surface area contributed by atoms with Crippen LogP contribution in [0.2, 0.25) is 5.02 Å². The Hall–Kier alpha value is -1.29. The minimum Gasteiger partial charge on any atom is -0.192 e. The van der Waals surface area contributed by atoms with Crippen molar-refractivity contribution >= 4 is 29.0 Å². The lowest BCUT2D eigenvalue weighted by Crippen LogP contribution is -1.70. The molecular weight excluding hydrogens is 192 g/mol. The maximum atomic E-state index is 8.44. The zero-order valence-electron chi connectivity index (χ0n) is 5.91. The quantitative estimate of drug-likeness (QED) is 0.646. The molecule has 0 aliphatic rings. The second-order valence-corrected chi connectivity index (χ2v) is 3.27. The maximum absolute atomic E-state index is 8.44. The van der Waals surface area contributed by atoms with Gasteiger partial charge < -0.3 is 0 Å². The van der Waals surface area contributed by atoms with Crippen LogP contribution >= 0.6 is 22.9 Å². The largest absolute Gasteiger partial charge is 0.192 e. The van der Waals surface area contributed by atoms with Gasteiger partial charge in [0.2, 0.25) is 0 Å². The minimum atomic E-state index is 0.0688. The Morgan fingerprint density at radius 2 is 2.17 bits per heavy atom. The summed E-state index contributed by atoms with van der Waals surface area (Å²) in [5.41, 5.74) is 0.0688. The van der Waals surface area contributed by atoms with E-state index >= 15 is 0 Å². The van der Waals surface area contributed by atoms with E-state index in [0.717, 1.165) is 4.88 Å². The molecule has 0 bridgehead atoms. The van der Waals surface area contributed by atoms with Gasteiger partial charge in [0.15, 0.2) is 0 Å². The first-order valence-corrected chi connectivity index (χ1v) is 4.28. The summed E-state index contributed by atoms with van der Waals surface area (Å²) in [5.74, 6) is 0. The molecule has 1 heterocycles. The smallest absolute Gasteiger partial charge is 0.131 e. The van der Waals surface area contributed by atoms with Crippen molar-refractivity contribution in [2.75, 3.05) is 0 Å². The molecule has 12 heavy (non-hydrogen) atoms. The molecule has 1 aromatic heterocycles. The SMILES string of the molecule is N#CC(C#N)=Cc1sccc1Cl. The molecule has 4 heteroatoms. The van der Waals surface area contributed by atoms with Crippen LogP contribution in [0.5, 0.6) is 0 Å². The number of nitrogens with zero attached hydrogens (tertiary/aromatic N) is 2. The lowest BCUT2D eigenvalue weighted by Gasteiger charge is -1.85. The first kappa shape index (κ1) is 8.80. The highest BCUT2D eigenvalue weighted by molar-refractivity contribution is 7.11. The molecule has 0 radical (unpaired) electrons. The van der Waals surface area contributed by atoms with E-state index in [1.807, 2.05) is 0 Å². The summed E-state index contributed by atoms with van der Waals surface area (Å²) in [6, 6.07) is 5.26. The average Bonchev–Trinajstić information content (AvgIpc) is 2.47. The predicted octanol–water partition coefficient (Wildman–Crippen LogP) is 2.83. The molecule has 0 N–H and O–H groups in total. The van der Waals surface area contributed by atoms with Crippen molar-refractivity contribution in [2.45, 2.75) is 0 Å². The van der Waals surface area contributed by atoms with Crippen LogP contribution < -0.4 is 0 Å². The van der Waals surface area contributed by atoms with E-state index in [-0.39, 0.29) is 5.57 Å². The van der Waals surface area contributed by atoms with Gasteiger partial charge in [-0.1, -0.05) is 11.6 Å². The summed E-state index contributed by atoms with van der Waals surface area (Å²) < 4.78 is 0. The van der Waals surface area contributed by atoms with Crippen LogP contribution in [-0.2, 0) is 0 Å². The lowest BCUT2D eigenvalue weighted by atomic mass is 10.3. The molecule has 2 nitrogen and oxygen atoms in total. The van der Waals surface area contributed by atoms with E-state index in [4.69, 9.17) is 22.1 Å². The van der Waals surface area contributed by atoms with E-state index in [2.05, 4.69) is 0 Å². The van der Waals surface area contributed by atoms with Gasteiger partial charge in [-0.2, -0.15) is 10.5 Å².